The van der Waals surface area contributed by atoms with Crippen molar-refractivity contribution in [2.45, 2.75) is 76.4 Å². The van der Waals surface area contributed by atoms with E-state index in [1.165, 1.54) is 6.42 Å². The number of hydrogen-bond acceptors (Lipinski definition) is 3. The molecule has 2 N–H and O–H groups in total. The number of rotatable bonds is 6. The maximum Gasteiger partial charge on any atom is 1.00 e. The zero-order valence-electron chi connectivity index (χ0n) is 13.5. The van der Waals surface area contributed by atoms with Gasteiger partial charge in [0.2, 0.25) is 0 Å². The molecule has 1 atom stereocenters. The fraction of sp³-hybridized carbons (Fsp3) is 0.750. The minimum Gasteiger partial charge on any atom is -0.782 e. The van der Waals surface area contributed by atoms with E-state index in [1.54, 1.807) is 0 Å². The molecule has 0 spiro atoms. The molecule has 2 aliphatic carbocycles. The number of allylic oxidation sites excluding steroid dienone is 2. The van der Waals surface area contributed by atoms with E-state index in [0.717, 1.165) is 25.0 Å². The molecule has 5 heteroatoms. The molecule has 0 amide bonds. The molecule has 0 saturated heterocycles. The van der Waals surface area contributed by atoms with Crippen LogP contribution in [-0.2, 0) is 12.6 Å². The topological polar surface area (TPSA) is 24.1 Å². The number of hydrogen-bond donors (Lipinski definition) is 2. The first-order chi connectivity index (χ1) is 9.36. The summed E-state index contributed by atoms with van der Waals surface area (Å²) in [6, 6.07) is 0. The van der Waals surface area contributed by atoms with Crippen molar-refractivity contribution in [2.75, 3.05) is 0 Å². The summed E-state index contributed by atoms with van der Waals surface area (Å²) in [6.45, 7) is 10.2. The molecule has 1 saturated carbocycles. The summed E-state index contributed by atoms with van der Waals surface area (Å²) in [5.41, 5.74) is -0.0867. The number of alkyl halides is 1. The average Bonchev–Trinajstić information content (AvgIpc) is 2.31. The van der Waals surface area contributed by atoms with Gasteiger partial charge in [-0.05, 0) is 57.6 Å². The van der Waals surface area contributed by atoms with Gasteiger partial charge in [-0.3, -0.25) is 0 Å². The Labute approximate surface area is 146 Å². The molecule has 2 nitrogen and oxygen atoms in total. The smallest absolute Gasteiger partial charge is 0.782 e. The normalized spacial score (nSPS) is 27.4. The van der Waals surface area contributed by atoms with Crippen molar-refractivity contribution >= 4 is 12.6 Å². The Morgan fingerprint density at radius 2 is 2.05 bits per heavy atom. The third kappa shape index (κ3) is 4.91. The fourth-order valence-corrected chi connectivity index (χ4v) is 3.53. The minimum absolute atomic E-state index is 0. The van der Waals surface area contributed by atoms with Crippen LogP contribution in [0, 0.1) is 6.58 Å². The van der Waals surface area contributed by atoms with Crippen LogP contribution in [0.3, 0.4) is 0 Å². The van der Waals surface area contributed by atoms with Gasteiger partial charge in [-0.2, -0.15) is 4.91 Å². The quantitative estimate of drug-likeness (QED) is 0.432. The SMILES string of the molecule is [CH-]=C(NC1=C([S-])CC(F)(CCC)CC1)NC1(C)CCC1.[Li+]. The van der Waals surface area contributed by atoms with E-state index in [9.17, 15) is 4.39 Å². The zero-order chi connectivity index (χ0) is 14.8. The molecule has 0 aromatic heterocycles. The molecular weight excluding hydrogens is 278 g/mol. The van der Waals surface area contributed by atoms with Crippen LogP contribution in [0.15, 0.2) is 16.4 Å². The maximum absolute atomic E-state index is 14.5. The standard InChI is InChI=1S/C16H26FN2S.Li/c1-4-7-16(17)10-6-13(14(20)11-16)18-12(2)19-15(3)8-5-9-15;/h2,18-20H,4-11H2,1,3H3;/q-1;+1/p-1. The third-order valence-corrected chi connectivity index (χ3v) is 4.90. The van der Waals surface area contributed by atoms with Crippen LogP contribution in [0.2, 0.25) is 0 Å². The molecule has 21 heavy (non-hydrogen) atoms. The van der Waals surface area contributed by atoms with Crippen LogP contribution in [0.25, 0.3) is 0 Å². The van der Waals surface area contributed by atoms with E-state index in [0.29, 0.717) is 36.4 Å². The van der Waals surface area contributed by atoms with Crippen molar-refractivity contribution in [1.29, 1.82) is 0 Å². The molecule has 1 unspecified atom stereocenters. The monoisotopic (exact) mass is 303 g/mol. The summed E-state index contributed by atoms with van der Waals surface area (Å²) >= 11 is 5.36. The fourth-order valence-electron chi connectivity index (χ4n) is 3.12. The summed E-state index contributed by atoms with van der Waals surface area (Å²) < 4.78 is 14.5. The van der Waals surface area contributed by atoms with E-state index >= 15 is 0 Å². The second kappa shape index (κ2) is 7.40. The summed E-state index contributed by atoms with van der Waals surface area (Å²) in [4.78, 5) is 0.690. The molecule has 0 aromatic carbocycles. The van der Waals surface area contributed by atoms with Gasteiger partial charge in [-0.1, -0.05) is 19.2 Å². The molecule has 0 aromatic rings. The van der Waals surface area contributed by atoms with Gasteiger partial charge < -0.3 is 29.8 Å². The first-order valence-electron chi connectivity index (χ1n) is 7.61. The van der Waals surface area contributed by atoms with Gasteiger partial charge in [0.15, 0.2) is 0 Å². The van der Waals surface area contributed by atoms with Crippen molar-refractivity contribution < 1.29 is 23.3 Å². The molecular formula is C16H25FLiN2S-. The zero-order valence-corrected chi connectivity index (χ0v) is 14.3. The van der Waals surface area contributed by atoms with Crippen LogP contribution in [-0.4, -0.2) is 11.2 Å². The Kier molecular flexibility index (Phi) is 6.65. The molecule has 114 valence electrons. The van der Waals surface area contributed by atoms with Gasteiger partial charge in [0.05, 0.1) is 0 Å². The number of nitrogens with one attached hydrogen (secondary N) is 2. The largest absolute Gasteiger partial charge is 1.00 e. The number of halogens is 1. The molecule has 2 rings (SSSR count). The van der Waals surface area contributed by atoms with Crippen molar-refractivity contribution in [3.8, 4) is 0 Å². The minimum atomic E-state index is -1.11. The first kappa shape index (κ1) is 18.9. The van der Waals surface area contributed by atoms with E-state index in [2.05, 4.69) is 17.6 Å². The summed E-state index contributed by atoms with van der Waals surface area (Å²) in [5.74, 6) is 0.548. The van der Waals surface area contributed by atoms with E-state index in [1.807, 2.05) is 6.92 Å². The molecule has 1 fully saturated rings. The van der Waals surface area contributed by atoms with Gasteiger partial charge >= 0.3 is 18.9 Å². The Hall–Kier alpha value is -0.173. The summed E-state index contributed by atoms with van der Waals surface area (Å²) in [5, 5.41) is 6.48. The van der Waals surface area contributed by atoms with Gasteiger partial charge in [0.25, 0.3) is 0 Å². The second-order valence-corrected chi connectivity index (χ2v) is 7.05. The van der Waals surface area contributed by atoms with Gasteiger partial charge in [0.1, 0.15) is 5.67 Å². The average molecular weight is 303 g/mol. The summed E-state index contributed by atoms with van der Waals surface area (Å²) in [7, 11) is 0. The van der Waals surface area contributed by atoms with E-state index < -0.39 is 5.67 Å². The van der Waals surface area contributed by atoms with Crippen molar-refractivity contribution in [3.05, 3.63) is 23.0 Å². The van der Waals surface area contributed by atoms with E-state index in [-0.39, 0.29) is 24.4 Å². The van der Waals surface area contributed by atoms with Crippen LogP contribution < -0.4 is 29.5 Å². The Morgan fingerprint density at radius 3 is 2.52 bits per heavy atom. The van der Waals surface area contributed by atoms with Crippen LogP contribution >= 0.6 is 0 Å². The Bertz CT molecular complexity index is 421. The predicted molar refractivity (Wildman–Crippen MR) is 83.3 cm³/mol. The van der Waals surface area contributed by atoms with Crippen LogP contribution in [0.5, 0.6) is 0 Å². The molecule has 0 heterocycles. The third-order valence-electron chi connectivity index (χ3n) is 4.51. The van der Waals surface area contributed by atoms with Crippen LogP contribution in [0.1, 0.15) is 65.2 Å². The molecule has 2 aliphatic rings. The summed E-state index contributed by atoms with van der Waals surface area (Å²) in [6.07, 6.45) is 6.50. The molecule has 0 radical (unpaired) electrons. The molecule has 0 bridgehead atoms. The Morgan fingerprint density at radius 1 is 1.38 bits per heavy atom. The van der Waals surface area contributed by atoms with Crippen molar-refractivity contribution in [2.24, 2.45) is 0 Å². The molecule has 0 aliphatic heterocycles. The van der Waals surface area contributed by atoms with Gasteiger partial charge in [0, 0.05) is 5.54 Å². The predicted octanol–water partition coefficient (Wildman–Crippen LogP) is 0.837. The van der Waals surface area contributed by atoms with Gasteiger partial charge in [-0.25, -0.2) is 4.39 Å². The maximum atomic E-state index is 14.5. The van der Waals surface area contributed by atoms with Gasteiger partial charge in [-0.15, -0.1) is 0 Å². The van der Waals surface area contributed by atoms with E-state index in [4.69, 9.17) is 19.2 Å². The van der Waals surface area contributed by atoms with Crippen molar-refractivity contribution in [3.63, 3.8) is 0 Å². The Balaban J connectivity index is 0.00000220. The first-order valence-corrected chi connectivity index (χ1v) is 8.02. The second-order valence-electron chi connectivity index (χ2n) is 6.56. The van der Waals surface area contributed by atoms with Crippen molar-refractivity contribution in [1.82, 2.24) is 10.6 Å². The van der Waals surface area contributed by atoms with Crippen LogP contribution in [0.4, 0.5) is 4.39 Å².